The molecule has 0 saturated carbocycles. The number of benzene rings is 2. The molecule has 7 nitrogen and oxygen atoms in total. The number of hydrogen-bond acceptors (Lipinski definition) is 5. The smallest absolute Gasteiger partial charge is 0.234 e. The Morgan fingerprint density at radius 1 is 1.00 bits per heavy atom. The summed E-state index contributed by atoms with van der Waals surface area (Å²) >= 11 is 1.36. The summed E-state index contributed by atoms with van der Waals surface area (Å²) in [7, 11) is 1.86. The van der Waals surface area contributed by atoms with Gasteiger partial charge >= 0.3 is 0 Å². The molecule has 1 N–H and O–H groups in total. The van der Waals surface area contributed by atoms with Crippen molar-refractivity contribution in [2.24, 2.45) is 7.05 Å². The van der Waals surface area contributed by atoms with E-state index in [0.29, 0.717) is 5.16 Å². The molecule has 1 amide bonds. The van der Waals surface area contributed by atoms with Gasteiger partial charge in [-0.3, -0.25) is 14.0 Å². The van der Waals surface area contributed by atoms with Crippen LogP contribution in [0, 0.1) is 20.8 Å². The molecule has 4 rings (SSSR count). The van der Waals surface area contributed by atoms with E-state index in [-0.39, 0.29) is 11.7 Å². The van der Waals surface area contributed by atoms with Crippen LogP contribution in [0.25, 0.3) is 17.1 Å². The molecule has 0 aliphatic heterocycles. The van der Waals surface area contributed by atoms with Gasteiger partial charge in [0.05, 0.1) is 22.8 Å². The Bertz CT molecular complexity index is 1210. The van der Waals surface area contributed by atoms with Crippen LogP contribution in [0.15, 0.2) is 59.8 Å². The standard InChI is InChI=1S/C23H24N6OS/c1-15-10-12-19(13-11-15)29-22(18-8-6-5-7-9-18)25-26-23(29)31-14-20(30)24-21-16(2)27-28(4)17(21)3/h5-13H,14H2,1-4H3,(H,24,30). The summed E-state index contributed by atoms with van der Waals surface area (Å²) < 4.78 is 3.76. The second-order valence-electron chi connectivity index (χ2n) is 7.35. The molecule has 4 aromatic rings. The maximum Gasteiger partial charge on any atom is 0.234 e. The summed E-state index contributed by atoms with van der Waals surface area (Å²) in [5.74, 6) is 0.849. The van der Waals surface area contributed by atoms with Gasteiger partial charge in [0.1, 0.15) is 0 Å². The van der Waals surface area contributed by atoms with Gasteiger partial charge < -0.3 is 5.32 Å². The second kappa shape index (κ2) is 8.77. The highest BCUT2D eigenvalue weighted by atomic mass is 32.2. The van der Waals surface area contributed by atoms with Crippen LogP contribution in [0.2, 0.25) is 0 Å². The molecular formula is C23H24N6OS. The van der Waals surface area contributed by atoms with Gasteiger partial charge in [-0.2, -0.15) is 5.10 Å². The third kappa shape index (κ3) is 4.39. The summed E-state index contributed by atoms with van der Waals surface area (Å²) in [5.41, 5.74) is 5.58. The molecule has 2 aromatic heterocycles. The van der Waals surface area contributed by atoms with Crippen LogP contribution >= 0.6 is 11.8 Å². The molecule has 0 radical (unpaired) electrons. The third-order valence-corrected chi connectivity index (χ3v) is 5.99. The molecular weight excluding hydrogens is 408 g/mol. The molecule has 0 unspecified atom stereocenters. The lowest BCUT2D eigenvalue weighted by Crippen LogP contribution is -2.15. The van der Waals surface area contributed by atoms with Crippen molar-refractivity contribution in [2.45, 2.75) is 25.9 Å². The molecule has 0 atom stereocenters. The maximum absolute atomic E-state index is 12.6. The lowest BCUT2D eigenvalue weighted by Gasteiger charge is -2.11. The number of amides is 1. The van der Waals surface area contributed by atoms with Gasteiger partial charge in [-0.1, -0.05) is 59.8 Å². The molecule has 0 aliphatic rings. The van der Waals surface area contributed by atoms with E-state index in [1.165, 1.54) is 17.3 Å². The molecule has 0 spiro atoms. The minimum atomic E-state index is -0.107. The average molecular weight is 433 g/mol. The Balaban J connectivity index is 1.60. The molecule has 0 saturated heterocycles. The SMILES string of the molecule is Cc1ccc(-n2c(SCC(=O)Nc3c(C)nn(C)c3C)nnc2-c2ccccc2)cc1. The van der Waals surface area contributed by atoms with Gasteiger partial charge in [0.15, 0.2) is 11.0 Å². The van der Waals surface area contributed by atoms with Crippen LogP contribution in [0.1, 0.15) is 17.0 Å². The first-order valence-corrected chi connectivity index (χ1v) is 10.9. The van der Waals surface area contributed by atoms with E-state index >= 15 is 0 Å². The fourth-order valence-electron chi connectivity index (χ4n) is 3.32. The lowest BCUT2D eigenvalue weighted by molar-refractivity contribution is -0.113. The zero-order chi connectivity index (χ0) is 22.0. The first-order chi connectivity index (χ1) is 14.9. The number of aryl methyl sites for hydroxylation is 3. The van der Waals surface area contributed by atoms with E-state index < -0.39 is 0 Å². The predicted molar refractivity (Wildman–Crippen MR) is 124 cm³/mol. The van der Waals surface area contributed by atoms with E-state index in [9.17, 15) is 4.79 Å². The van der Waals surface area contributed by atoms with Gasteiger partial charge in [-0.15, -0.1) is 10.2 Å². The zero-order valence-corrected chi connectivity index (χ0v) is 18.8. The molecule has 0 bridgehead atoms. The number of carbonyl (C=O) groups is 1. The van der Waals surface area contributed by atoms with Crippen LogP contribution in [0.3, 0.4) is 0 Å². The number of hydrogen-bond donors (Lipinski definition) is 1. The van der Waals surface area contributed by atoms with Gasteiger partial charge in [-0.25, -0.2) is 0 Å². The van der Waals surface area contributed by atoms with Crippen molar-refractivity contribution in [1.29, 1.82) is 0 Å². The number of nitrogens with zero attached hydrogens (tertiary/aromatic N) is 5. The highest BCUT2D eigenvalue weighted by molar-refractivity contribution is 7.99. The van der Waals surface area contributed by atoms with Gasteiger partial charge in [0, 0.05) is 18.3 Å². The highest BCUT2D eigenvalue weighted by Crippen LogP contribution is 2.28. The monoisotopic (exact) mass is 432 g/mol. The van der Waals surface area contributed by atoms with Crippen molar-refractivity contribution >= 4 is 23.4 Å². The largest absolute Gasteiger partial charge is 0.322 e. The van der Waals surface area contributed by atoms with E-state index in [0.717, 1.165) is 34.2 Å². The number of thioether (sulfide) groups is 1. The van der Waals surface area contributed by atoms with Crippen LogP contribution < -0.4 is 5.32 Å². The highest BCUT2D eigenvalue weighted by Gasteiger charge is 2.18. The van der Waals surface area contributed by atoms with Crippen molar-refractivity contribution in [3.8, 4) is 17.1 Å². The zero-order valence-electron chi connectivity index (χ0n) is 18.0. The average Bonchev–Trinajstić information content (AvgIpc) is 3.30. The molecule has 158 valence electrons. The molecule has 8 heteroatoms. The van der Waals surface area contributed by atoms with Crippen LogP contribution in [0.5, 0.6) is 0 Å². The number of nitrogens with one attached hydrogen (secondary N) is 1. The van der Waals surface area contributed by atoms with Crippen LogP contribution in [-0.2, 0) is 11.8 Å². The van der Waals surface area contributed by atoms with Gasteiger partial charge in [0.2, 0.25) is 5.91 Å². The number of rotatable bonds is 6. The Labute approximate surface area is 185 Å². The molecule has 31 heavy (non-hydrogen) atoms. The normalized spacial score (nSPS) is 11.0. The first kappa shape index (κ1) is 20.9. The second-order valence-corrected chi connectivity index (χ2v) is 8.29. The molecule has 2 heterocycles. The fraction of sp³-hybridized carbons (Fsp3) is 0.217. The van der Waals surface area contributed by atoms with Crippen molar-refractivity contribution in [3.05, 3.63) is 71.5 Å². The van der Waals surface area contributed by atoms with Crippen molar-refractivity contribution in [3.63, 3.8) is 0 Å². The minimum Gasteiger partial charge on any atom is -0.322 e. The quantitative estimate of drug-likeness (QED) is 0.459. The number of carbonyl (C=O) groups excluding carboxylic acids is 1. The molecule has 2 aromatic carbocycles. The Morgan fingerprint density at radius 3 is 2.35 bits per heavy atom. The third-order valence-electron chi connectivity index (χ3n) is 5.06. The summed E-state index contributed by atoms with van der Waals surface area (Å²) in [6.45, 7) is 5.87. The number of anilines is 1. The fourth-order valence-corrected chi connectivity index (χ4v) is 4.08. The van der Waals surface area contributed by atoms with Gasteiger partial charge in [0.25, 0.3) is 0 Å². The van der Waals surface area contributed by atoms with E-state index in [1.54, 1.807) is 4.68 Å². The van der Waals surface area contributed by atoms with Crippen LogP contribution in [-0.4, -0.2) is 36.2 Å². The van der Waals surface area contributed by atoms with E-state index in [4.69, 9.17) is 0 Å². The molecule has 0 fully saturated rings. The summed E-state index contributed by atoms with van der Waals surface area (Å²) in [6, 6.07) is 18.1. The minimum absolute atomic E-state index is 0.107. The van der Waals surface area contributed by atoms with E-state index in [1.807, 2.05) is 67.9 Å². The summed E-state index contributed by atoms with van der Waals surface area (Å²) in [6.07, 6.45) is 0. The summed E-state index contributed by atoms with van der Waals surface area (Å²) in [4.78, 5) is 12.6. The molecule has 0 aliphatic carbocycles. The number of aromatic nitrogens is 5. The van der Waals surface area contributed by atoms with Crippen molar-refractivity contribution in [1.82, 2.24) is 24.5 Å². The van der Waals surface area contributed by atoms with E-state index in [2.05, 4.69) is 39.7 Å². The van der Waals surface area contributed by atoms with Crippen molar-refractivity contribution in [2.75, 3.05) is 11.1 Å². The maximum atomic E-state index is 12.6. The first-order valence-electron chi connectivity index (χ1n) is 9.94. The lowest BCUT2D eigenvalue weighted by atomic mass is 10.2. The van der Waals surface area contributed by atoms with Gasteiger partial charge in [-0.05, 0) is 32.9 Å². The topological polar surface area (TPSA) is 77.6 Å². The Hall–Kier alpha value is -3.39. The Kier molecular flexibility index (Phi) is 5.90. The van der Waals surface area contributed by atoms with Crippen molar-refractivity contribution < 1.29 is 4.79 Å². The summed E-state index contributed by atoms with van der Waals surface area (Å²) in [5, 5.41) is 16.8. The van der Waals surface area contributed by atoms with Crippen LogP contribution in [0.4, 0.5) is 5.69 Å². The predicted octanol–water partition coefficient (Wildman–Crippen LogP) is 4.32. The Morgan fingerprint density at radius 2 is 1.71 bits per heavy atom.